The zero-order valence-electron chi connectivity index (χ0n) is 14.9. The molecule has 134 valence electrons. The third-order valence-electron chi connectivity index (χ3n) is 3.83. The van der Waals surface area contributed by atoms with Crippen LogP contribution in [-0.2, 0) is 0 Å². The molecule has 4 aromatic heterocycles. The molecule has 0 saturated heterocycles. The van der Waals surface area contributed by atoms with Gasteiger partial charge in [-0.1, -0.05) is 12.1 Å². The van der Waals surface area contributed by atoms with E-state index in [1.807, 2.05) is 60.7 Å². The molecule has 0 aliphatic heterocycles. The lowest BCUT2D eigenvalue weighted by molar-refractivity contribution is 1.23. The molecular weight excluding hydrogens is 348 g/mol. The van der Waals surface area contributed by atoms with Gasteiger partial charge in [0.2, 0.25) is 0 Å². The monoisotopic (exact) mass is 364 g/mol. The molecule has 0 saturated carbocycles. The molecule has 0 N–H and O–H groups in total. The van der Waals surface area contributed by atoms with Crippen LogP contribution in [-0.4, -0.2) is 32.4 Å². The van der Waals surface area contributed by atoms with Gasteiger partial charge in [0.1, 0.15) is 0 Å². The molecule has 0 aliphatic carbocycles. The van der Waals surface area contributed by atoms with E-state index in [2.05, 4.69) is 29.9 Å². The molecule has 6 heteroatoms. The van der Waals surface area contributed by atoms with Crippen molar-refractivity contribution >= 4 is 24.1 Å². The molecule has 6 nitrogen and oxygen atoms in total. The van der Waals surface area contributed by atoms with Crippen LogP contribution in [0, 0.1) is 0 Å². The van der Waals surface area contributed by atoms with E-state index in [-0.39, 0.29) is 0 Å². The maximum Gasteiger partial charge on any atom is 0.151 e. The minimum Gasteiger partial charge on any atom is -0.254 e. The van der Waals surface area contributed by atoms with E-state index >= 15 is 0 Å². The number of pyridine rings is 4. The highest BCUT2D eigenvalue weighted by atomic mass is 14.9. The fourth-order valence-electron chi connectivity index (χ4n) is 2.41. The first-order valence-electron chi connectivity index (χ1n) is 8.69. The highest BCUT2D eigenvalue weighted by Crippen LogP contribution is 2.15. The quantitative estimate of drug-likeness (QED) is 0.491. The van der Waals surface area contributed by atoms with Gasteiger partial charge in [-0.2, -0.15) is 0 Å². The summed E-state index contributed by atoms with van der Waals surface area (Å²) >= 11 is 0. The summed E-state index contributed by atoms with van der Waals surface area (Å²) in [7, 11) is 0. The van der Waals surface area contributed by atoms with Crippen LogP contribution in [0.1, 0.15) is 11.1 Å². The molecule has 0 aromatic carbocycles. The average molecular weight is 364 g/mol. The summed E-state index contributed by atoms with van der Waals surface area (Å²) in [5.41, 5.74) is 3.38. The Labute approximate surface area is 162 Å². The largest absolute Gasteiger partial charge is 0.254 e. The summed E-state index contributed by atoms with van der Waals surface area (Å²) in [6.07, 6.45) is 10.4. The molecule has 28 heavy (non-hydrogen) atoms. The van der Waals surface area contributed by atoms with Crippen LogP contribution in [0.5, 0.6) is 0 Å². The van der Waals surface area contributed by atoms with Gasteiger partial charge in [0.05, 0.1) is 11.4 Å². The predicted octanol–water partition coefficient (Wildman–Crippen LogP) is 4.43. The van der Waals surface area contributed by atoms with E-state index in [4.69, 9.17) is 0 Å². The Hall–Kier alpha value is -4.06. The molecule has 4 aromatic rings. The van der Waals surface area contributed by atoms with Crippen molar-refractivity contribution in [2.45, 2.75) is 0 Å². The molecule has 0 atom stereocenters. The summed E-state index contributed by atoms with van der Waals surface area (Å²) in [6.45, 7) is 0. The Morgan fingerprint density at radius 2 is 1.04 bits per heavy atom. The molecule has 4 rings (SSSR count). The second-order valence-corrected chi connectivity index (χ2v) is 5.85. The second kappa shape index (κ2) is 8.55. The van der Waals surface area contributed by atoms with Crippen LogP contribution in [0.2, 0.25) is 0 Å². The lowest BCUT2D eigenvalue weighted by Gasteiger charge is -2.01. The summed E-state index contributed by atoms with van der Waals surface area (Å²) in [4.78, 5) is 25.9. The fraction of sp³-hybridized carbons (Fsp3) is 0. The topological polar surface area (TPSA) is 76.3 Å². The third kappa shape index (κ3) is 4.56. The molecule has 0 unspecified atom stereocenters. The van der Waals surface area contributed by atoms with Gasteiger partial charge in [-0.25, -0.2) is 20.0 Å². The van der Waals surface area contributed by atoms with Crippen LogP contribution in [0.4, 0.5) is 11.6 Å². The second-order valence-electron chi connectivity index (χ2n) is 5.85. The van der Waals surface area contributed by atoms with Crippen molar-refractivity contribution in [3.8, 4) is 11.4 Å². The molecule has 4 heterocycles. The van der Waals surface area contributed by atoms with Gasteiger partial charge in [0.15, 0.2) is 11.6 Å². The van der Waals surface area contributed by atoms with E-state index in [0.717, 1.165) is 22.5 Å². The van der Waals surface area contributed by atoms with E-state index < -0.39 is 0 Å². The van der Waals surface area contributed by atoms with Crippen molar-refractivity contribution in [2.24, 2.45) is 9.98 Å². The van der Waals surface area contributed by atoms with Crippen molar-refractivity contribution < 1.29 is 0 Å². The third-order valence-corrected chi connectivity index (χ3v) is 3.83. The molecule has 0 bridgehead atoms. The Kier molecular flexibility index (Phi) is 5.30. The molecule has 0 spiro atoms. The summed E-state index contributed by atoms with van der Waals surface area (Å²) in [6, 6.07) is 19.0. The van der Waals surface area contributed by atoms with Crippen molar-refractivity contribution in [1.82, 2.24) is 19.9 Å². The van der Waals surface area contributed by atoms with Crippen molar-refractivity contribution in [2.75, 3.05) is 0 Å². The van der Waals surface area contributed by atoms with E-state index in [9.17, 15) is 0 Å². The van der Waals surface area contributed by atoms with Crippen LogP contribution in [0.3, 0.4) is 0 Å². The van der Waals surface area contributed by atoms with Gasteiger partial charge in [-0.3, -0.25) is 9.97 Å². The number of rotatable bonds is 5. The van der Waals surface area contributed by atoms with E-state index in [0.29, 0.717) is 11.6 Å². The van der Waals surface area contributed by atoms with Gasteiger partial charge in [0, 0.05) is 48.3 Å². The van der Waals surface area contributed by atoms with E-state index in [1.165, 1.54) is 0 Å². The molecule has 0 aliphatic rings. The van der Waals surface area contributed by atoms with E-state index in [1.54, 1.807) is 37.2 Å². The van der Waals surface area contributed by atoms with Crippen LogP contribution in [0.25, 0.3) is 11.4 Å². The Morgan fingerprint density at radius 3 is 1.39 bits per heavy atom. The minimum absolute atomic E-state index is 0.663. The molecule has 0 amide bonds. The van der Waals surface area contributed by atoms with Gasteiger partial charge in [-0.05, 0) is 48.5 Å². The van der Waals surface area contributed by atoms with Crippen LogP contribution >= 0.6 is 0 Å². The molecule has 0 fully saturated rings. The first-order chi connectivity index (χ1) is 13.9. The highest BCUT2D eigenvalue weighted by molar-refractivity contribution is 5.82. The maximum absolute atomic E-state index is 4.47. The lowest BCUT2D eigenvalue weighted by Crippen LogP contribution is -1.91. The maximum atomic E-state index is 4.47. The number of hydrogen-bond acceptors (Lipinski definition) is 6. The predicted molar refractivity (Wildman–Crippen MR) is 110 cm³/mol. The highest BCUT2D eigenvalue weighted by Gasteiger charge is 2.01. The normalized spacial score (nSPS) is 11.3. The Bertz CT molecular complexity index is 982. The first-order valence-corrected chi connectivity index (χ1v) is 8.69. The molecular formula is C22H16N6. The van der Waals surface area contributed by atoms with Gasteiger partial charge >= 0.3 is 0 Å². The molecule has 0 radical (unpaired) electrons. The summed E-state index contributed by atoms with van der Waals surface area (Å²) in [5, 5.41) is 0. The zero-order valence-corrected chi connectivity index (χ0v) is 14.9. The van der Waals surface area contributed by atoms with Crippen molar-refractivity contribution in [3.05, 3.63) is 96.6 Å². The van der Waals surface area contributed by atoms with Gasteiger partial charge in [-0.15, -0.1) is 0 Å². The lowest BCUT2D eigenvalue weighted by atomic mass is 10.2. The summed E-state index contributed by atoms with van der Waals surface area (Å²) < 4.78 is 0. The van der Waals surface area contributed by atoms with Gasteiger partial charge < -0.3 is 0 Å². The average Bonchev–Trinajstić information content (AvgIpc) is 2.78. The number of hydrogen-bond donors (Lipinski definition) is 0. The number of aromatic nitrogens is 4. The van der Waals surface area contributed by atoms with Crippen molar-refractivity contribution in [3.63, 3.8) is 0 Å². The fourth-order valence-corrected chi connectivity index (χ4v) is 2.41. The first kappa shape index (κ1) is 17.4. The Balaban J connectivity index is 1.44. The van der Waals surface area contributed by atoms with Crippen LogP contribution in [0.15, 0.2) is 95.4 Å². The van der Waals surface area contributed by atoms with Crippen molar-refractivity contribution in [1.29, 1.82) is 0 Å². The summed E-state index contributed by atoms with van der Waals surface area (Å²) in [5.74, 6) is 1.33. The van der Waals surface area contributed by atoms with Crippen LogP contribution < -0.4 is 0 Å². The smallest absolute Gasteiger partial charge is 0.151 e. The SMILES string of the molecule is C(=N\c1ccccn1)/c1ccc(-c2ccc(/C=N/c3ccccn3)cn2)nc1. The zero-order chi connectivity index (χ0) is 19.0. The Morgan fingerprint density at radius 1 is 0.536 bits per heavy atom. The van der Waals surface area contributed by atoms with Gasteiger partial charge in [0.25, 0.3) is 0 Å². The number of aliphatic imine (C=N–C) groups is 2. The standard InChI is InChI=1S/C22H16N6/c1-3-11-23-21(5-1)27-15-17-7-9-19(25-13-17)20-10-8-18(14-26-20)16-28-22-6-2-4-12-24-22/h1-16H/b27-15+,28-16+. The number of nitrogens with zero attached hydrogens (tertiary/aromatic N) is 6. The minimum atomic E-state index is 0.663.